The summed E-state index contributed by atoms with van der Waals surface area (Å²) in [5, 5.41) is 8.14. The summed E-state index contributed by atoms with van der Waals surface area (Å²) in [7, 11) is 0. The molecule has 1 saturated heterocycles. The standard InChI is InChI=1S/C18H18N6/c1-2-5-15(6-3-1)16-13-19-14-18(21-16)24-11-9-23(10-12-24)17-7-4-8-20-22-17/h1-8,13-14H,9-12H2. The van der Waals surface area contributed by atoms with Gasteiger partial charge in [-0.3, -0.25) is 4.98 Å². The maximum atomic E-state index is 4.78. The van der Waals surface area contributed by atoms with Crippen molar-refractivity contribution >= 4 is 11.6 Å². The molecule has 0 N–H and O–H groups in total. The molecule has 0 spiro atoms. The summed E-state index contributed by atoms with van der Waals surface area (Å²) >= 11 is 0. The minimum atomic E-state index is 0.892. The molecule has 0 amide bonds. The zero-order valence-electron chi connectivity index (χ0n) is 13.3. The summed E-state index contributed by atoms with van der Waals surface area (Å²) in [5.41, 5.74) is 1.99. The number of piperazine rings is 1. The van der Waals surface area contributed by atoms with Crippen molar-refractivity contribution in [2.45, 2.75) is 0 Å². The van der Waals surface area contributed by atoms with E-state index in [0.717, 1.165) is 49.1 Å². The largest absolute Gasteiger partial charge is 0.352 e. The Hall–Kier alpha value is -3.02. The van der Waals surface area contributed by atoms with E-state index in [-0.39, 0.29) is 0 Å². The van der Waals surface area contributed by atoms with Gasteiger partial charge in [0.25, 0.3) is 0 Å². The van der Waals surface area contributed by atoms with Crippen molar-refractivity contribution in [1.82, 2.24) is 20.2 Å². The van der Waals surface area contributed by atoms with Crippen LogP contribution in [0.2, 0.25) is 0 Å². The Bertz CT molecular complexity index is 785. The Morgan fingerprint density at radius 1 is 0.750 bits per heavy atom. The Labute approximate surface area is 140 Å². The molecule has 1 aliphatic heterocycles. The number of hydrogen-bond acceptors (Lipinski definition) is 6. The molecule has 3 aromatic rings. The number of benzene rings is 1. The quantitative estimate of drug-likeness (QED) is 0.738. The highest BCUT2D eigenvalue weighted by Gasteiger charge is 2.19. The van der Waals surface area contributed by atoms with Crippen LogP contribution in [-0.2, 0) is 0 Å². The highest BCUT2D eigenvalue weighted by Crippen LogP contribution is 2.21. The van der Waals surface area contributed by atoms with Gasteiger partial charge < -0.3 is 9.80 Å². The summed E-state index contributed by atoms with van der Waals surface area (Å²) in [6.07, 6.45) is 5.35. The Kier molecular flexibility index (Phi) is 4.02. The van der Waals surface area contributed by atoms with Crippen molar-refractivity contribution in [2.24, 2.45) is 0 Å². The molecule has 6 nitrogen and oxygen atoms in total. The molecule has 4 rings (SSSR count). The van der Waals surface area contributed by atoms with E-state index in [9.17, 15) is 0 Å². The van der Waals surface area contributed by atoms with E-state index in [1.54, 1.807) is 6.20 Å². The van der Waals surface area contributed by atoms with Gasteiger partial charge in [-0.05, 0) is 12.1 Å². The lowest BCUT2D eigenvalue weighted by molar-refractivity contribution is 0.637. The molecule has 120 valence electrons. The zero-order valence-corrected chi connectivity index (χ0v) is 13.3. The van der Waals surface area contributed by atoms with Crippen LogP contribution in [0.3, 0.4) is 0 Å². The molecule has 0 radical (unpaired) electrons. The molecule has 1 aliphatic rings. The second-order valence-electron chi connectivity index (χ2n) is 5.68. The van der Waals surface area contributed by atoms with Crippen LogP contribution in [0.4, 0.5) is 11.6 Å². The summed E-state index contributed by atoms with van der Waals surface area (Å²) in [6.45, 7) is 3.58. The van der Waals surface area contributed by atoms with Crippen LogP contribution in [0.5, 0.6) is 0 Å². The predicted octanol–water partition coefficient (Wildman–Crippen LogP) is 2.26. The molecular weight excluding hydrogens is 300 g/mol. The van der Waals surface area contributed by atoms with Crippen molar-refractivity contribution in [1.29, 1.82) is 0 Å². The van der Waals surface area contributed by atoms with Crippen LogP contribution < -0.4 is 9.80 Å². The van der Waals surface area contributed by atoms with Crippen LogP contribution in [-0.4, -0.2) is 46.3 Å². The zero-order chi connectivity index (χ0) is 16.2. The van der Waals surface area contributed by atoms with Crippen molar-refractivity contribution < 1.29 is 0 Å². The average molecular weight is 318 g/mol. The molecule has 24 heavy (non-hydrogen) atoms. The normalized spacial score (nSPS) is 14.7. The molecule has 1 aromatic carbocycles. The van der Waals surface area contributed by atoms with E-state index in [1.165, 1.54) is 0 Å². The van der Waals surface area contributed by atoms with E-state index in [4.69, 9.17) is 4.98 Å². The minimum Gasteiger partial charge on any atom is -0.352 e. The first-order valence-electron chi connectivity index (χ1n) is 8.05. The van der Waals surface area contributed by atoms with E-state index in [0.29, 0.717) is 0 Å². The Morgan fingerprint density at radius 3 is 2.21 bits per heavy atom. The van der Waals surface area contributed by atoms with Crippen LogP contribution in [0.1, 0.15) is 0 Å². The minimum absolute atomic E-state index is 0.892. The summed E-state index contributed by atoms with van der Waals surface area (Å²) < 4.78 is 0. The lowest BCUT2D eigenvalue weighted by Gasteiger charge is -2.35. The van der Waals surface area contributed by atoms with Gasteiger partial charge in [0.05, 0.1) is 18.1 Å². The van der Waals surface area contributed by atoms with E-state index in [2.05, 4.69) is 37.1 Å². The highest BCUT2D eigenvalue weighted by molar-refractivity contribution is 5.60. The van der Waals surface area contributed by atoms with E-state index in [1.807, 2.05) is 42.7 Å². The van der Waals surface area contributed by atoms with Crippen LogP contribution in [0.25, 0.3) is 11.3 Å². The van der Waals surface area contributed by atoms with Crippen LogP contribution in [0, 0.1) is 0 Å². The molecule has 6 heteroatoms. The molecular formula is C18H18N6. The number of hydrogen-bond donors (Lipinski definition) is 0. The summed E-state index contributed by atoms with van der Waals surface area (Å²) in [4.78, 5) is 13.7. The van der Waals surface area contributed by atoms with Gasteiger partial charge in [0.15, 0.2) is 5.82 Å². The lowest BCUT2D eigenvalue weighted by atomic mass is 10.2. The van der Waals surface area contributed by atoms with Gasteiger partial charge in [0.1, 0.15) is 5.82 Å². The van der Waals surface area contributed by atoms with Gasteiger partial charge in [-0.1, -0.05) is 30.3 Å². The lowest BCUT2D eigenvalue weighted by Crippen LogP contribution is -2.47. The van der Waals surface area contributed by atoms with Gasteiger partial charge >= 0.3 is 0 Å². The summed E-state index contributed by atoms with van der Waals surface area (Å²) in [6, 6.07) is 14.1. The number of nitrogens with zero attached hydrogens (tertiary/aromatic N) is 6. The van der Waals surface area contributed by atoms with Gasteiger partial charge in [0.2, 0.25) is 0 Å². The van der Waals surface area contributed by atoms with Crippen molar-refractivity contribution in [3.8, 4) is 11.3 Å². The van der Waals surface area contributed by atoms with Crippen molar-refractivity contribution in [2.75, 3.05) is 36.0 Å². The van der Waals surface area contributed by atoms with E-state index < -0.39 is 0 Å². The maximum Gasteiger partial charge on any atom is 0.151 e. The fourth-order valence-corrected chi connectivity index (χ4v) is 2.88. The highest BCUT2D eigenvalue weighted by atomic mass is 15.3. The molecule has 0 unspecified atom stereocenters. The monoisotopic (exact) mass is 318 g/mol. The van der Waals surface area contributed by atoms with Crippen LogP contribution >= 0.6 is 0 Å². The fraction of sp³-hybridized carbons (Fsp3) is 0.222. The molecule has 0 saturated carbocycles. The van der Waals surface area contributed by atoms with Crippen molar-refractivity contribution in [3.05, 3.63) is 61.1 Å². The van der Waals surface area contributed by atoms with Crippen molar-refractivity contribution in [3.63, 3.8) is 0 Å². The van der Waals surface area contributed by atoms with Gasteiger partial charge in [0, 0.05) is 37.9 Å². The van der Waals surface area contributed by atoms with E-state index >= 15 is 0 Å². The van der Waals surface area contributed by atoms with Gasteiger partial charge in [-0.25, -0.2) is 4.98 Å². The fourth-order valence-electron chi connectivity index (χ4n) is 2.88. The van der Waals surface area contributed by atoms with Gasteiger partial charge in [-0.15, -0.1) is 5.10 Å². The van der Waals surface area contributed by atoms with Gasteiger partial charge in [-0.2, -0.15) is 5.10 Å². The Balaban J connectivity index is 1.48. The molecule has 0 bridgehead atoms. The van der Waals surface area contributed by atoms with Crippen LogP contribution in [0.15, 0.2) is 61.1 Å². The molecule has 2 aromatic heterocycles. The summed E-state index contributed by atoms with van der Waals surface area (Å²) in [5.74, 6) is 1.86. The third kappa shape index (κ3) is 3.03. The first-order valence-corrected chi connectivity index (χ1v) is 8.05. The third-order valence-corrected chi connectivity index (χ3v) is 4.18. The predicted molar refractivity (Wildman–Crippen MR) is 93.9 cm³/mol. The first kappa shape index (κ1) is 14.6. The number of rotatable bonds is 3. The SMILES string of the molecule is c1ccc(-c2cncc(N3CCN(c4cccnn4)CC3)n2)cc1. The topological polar surface area (TPSA) is 58.0 Å². The molecule has 0 aliphatic carbocycles. The second kappa shape index (κ2) is 6.62. The molecule has 3 heterocycles. The molecule has 1 fully saturated rings. The average Bonchev–Trinajstić information content (AvgIpc) is 2.70. The Morgan fingerprint density at radius 2 is 1.50 bits per heavy atom. The number of aromatic nitrogens is 4. The smallest absolute Gasteiger partial charge is 0.151 e. The molecule has 0 atom stereocenters. The maximum absolute atomic E-state index is 4.78. The first-order chi connectivity index (χ1) is 11.9. The second-order valence-corrected chi connectivity index (χ2v) is 5.68. The third-order valence-electron chi connectivity index (χ3n) is 4.18. The number of anilines is 2.